The van der Waals surface area contributed by atoms with Gasteiger partial charge in [-0.1, -0.05) is 127 Å². The van der Waals surface area contributed by atoms with Gasteiger partial charge in [-0.25, -0.2) is 19.9 Å². The number of fused-ring (bicyclic) bond motifs is 5. The second-order valence-corrected chi connectivity index (χ2v) is 12.3. The quantitative estimate of drug-likeness (QED) is 0.186. The fourth-order valence-electron chi connectivity index (χ4n) is 6.72. The Labute approximate surface area is 286 Å². The molecule has 7 aromatic carbocycles. The monoisotopic (exact) mass is 642 g/mol. The van der Waals surface area contributed by atoms with Crippen LogP contribution < -0.4 is 0 Å². The van der Waals surface area contributed by atoms with Crippen LogP contribution in [0.1, 0.15) is 0 Å². The summed E-state index contributed by atoms with van der Waals surface area (Å²) in [7, 11) is 0. The van der Waals surface area contributed by atoms with Crippen LogP contribution in [0.5, 0.6) is 0 Å². The first-order chi connectivity index (χ1) is 24.7. The third-order valence-electron chi connectivity index (χ3n) is 9.20. The van der Waals surface area contributed by atoms with Gasteiger partial charge in [-0.3, -0.25) is 0 Å². The standard InChI is InChI=1S/C44H26N4O2/c1-2-11-29(12-3-1)41-46-42(48-43(47-41)31-24-25-35-34-15-6-7-18-37(34)49-39(35)26-31)30-22-20-28(21-23-30)33-16-9-19-38-40(33)45-44(50-38)36-17-8-13-27-10-4-5-14-32(27)36/h1-26H. The highest BCUT2D eigenvalue weighted by molar-refractivity contribution is 6.05. The molecule has 0 N–H and O–H groups in total. The van der Waals surface area contributed by atoms with Crippen molar-refractivity contribution in [3.63, 3.8) is 0 Å². The van der Waals surface area contributed by atoms with Crippen LogP contribution in [0.3, 0.4) is 0 Å². The van der Waals surface area contributed by atoms with E-state index in [1.165, 1.54) is 0 Å². The molecular formula is C44H26N4O2. The number of oxazole rings is 1. The molecular weight excluding hydrogens is 617 g/mol. The van der Waals surface area contributed by atoms with E-state index in [0.717, 1.165) is 77.2 Å². The minimum absolute atomic E-state index is 0.577. The molecule has 0 saturated carbocycles. The van der Waals surface area contributed by atoms with Crippen LogP contribution in [0.25, 0.3) is 101 Å². The predicted octanol–water partition coefficient (Wildman–Crippen LogP) is 11.4. The molecule has 6 heteroatoms. The highest BCUT2D eigenvalue weighted by Crippen LogP contribution is 2.36. The first kappa shape index (κ1) is 28.1. The lowest BCUT2D eigenvalue weighted by Crippen LogP contribution is -2.00. The molecule has 0 atom stereocenters. The average molecular weight is 643 g/mol. The van der Waals surface area contributed by atoms with Gasteiger partial charge in [0.25, 0.3) is 0 Å². The van der Waals surface area contributed by atoms with Crippen molar-refractivity contribution in [2.75, 3.05) is 0 Å². The molecule has 10 rings (SSSR count). The Bertz CT molecular complexity index is 2870. The van der Waals surface area contributed by atoms with Gasteiger partial charge >= 0.3 is 0 Å². The summed E-state index contributed by atoms with van der Waals surface area (Å²) >= 11 is 0. The molecule has 234 valence electrons. The van der Waals surface area contributed by atoms with Crippen LogP contribution in [0.2, 0.25) is 0 Å². The van der Waals surface area contributed by atoms with Gasteiger partial charge in [0.05, 0.1) is 0 Å². The fourth-order valence-corrected chi connectivity index (χ4v) is 6.72. The Hall–Kier alpha value is -6.92. The first-order valence-electron chi connectivity index (χ1n) is 16.5. The van der Waals surface area contributed by atoms with Crippen molar-refractivity contribution in [3.8, 4) is 56.7 Å². The molecule has 0 aliphatic heterocycles. The molecule has 10 aromatic rings. The van der Waals surface area contributed by atoms with Crippen LogP contribution >= 0.6 is 0 Å². The van der Waals surface area contributed by atoms with Gasteiger partial charge in [0, 0.05) is 38.6 Å². The van der Waals surface area contributed by atoms with Crippen molar-refractivity contribution in [2.24, 2.45) is 0 Å². The zero-order chi connectivity index (χ0) is 33.0. The number of hydrogen-bond acceptors (Lipinski definition) is 6. The molecule has 0 unspecified atom stereocenters. The molecule has 6 nitrogen and oxygen atoms in total. The number of aromatic nitrogens is 4. The summed E-state index contributed by atoms with van der Waals surface area (Å²) in [4.78, 5) is 19.9. The van der Waals surface area contributed by atoms with Crippen LogP contribution in [-0.4, -0.2) is 19.9 Å². The summed E-state index contributed by atoms with van der Waals surface area (Å²) in [6.07, 6.45) is 0. The van der Waals surface area contributed by atoms with Crippen molar-refractivity contribution in [3.05, 3.63) is 158 Å². The molecule has 0 spiro atoms. The number of furan rings is 1. The summed E-state index contributed by atoms with van der Waals surface area (Å²) in [5, 5.41) is 4.40. The number of hydrogen-bond donors (Lipinski definition) is 0. The second-order valence-electron chi connectivity index (χ2n) is 12.3. The number of para-hydroxylation sites is 2. The first-order valence-corrected chi connectivity index (χ1v) is 16.5. The Balaban J connectivity index is 1.05. The van der Waals surface area contributed by atoms with Gasteiger partial charge in [0.1, 0.15) is 16.7 Å². The Kier molecular flexibility index (Phi) is 6.39. The van der Waals surface area contributed by atoms with Gasteiger partial charge < -0.3 is 8.83 Å². The van der Waals surface area contributed by atoms with Crippen molar-refractivity contribution in [1.29, 1.82) is 0 Å². The van der Waals surface area contributed by atoms with Crippen molar-refractivity contribution in [1.82, 2.24) is 19.9 Å². The summed E-state index contributed by atoms with van der Waals surface area (Å²) in [6.45, 7) is 0. The lowest BCUT2D eigenvalue weighted by atomic mass is 10.0. The average Bonchev–Trinajstić information content (AvgIpc) is 3.79. The van der Waals surface area contributed by atoms with Crippen molar-refractivity contribution >= 4 is 43.8 Å². The van der Waals surface area contributed by atoms with E-state index in [9.17, 15) is 0 Å². The zero-order valence-electron chi connectivity index (χ0n) is 26.6. The third-order valence-corrected chi connectivity index (χ3v) is 9.20. The molecule has 50 heavy (non-hydrogen) atoms. The van der Waals surface area contributed by atoms with Gasteiger partial charge in [0.15, 0.2) is 23.1 Å². The highest BCUT2D eigenvalue weighted by Gasteiger charge is 2.17. The molecule has 0 aliphatic rings. The topological polar surface area (TPSA) is 77.8 Å². The lowest BCUT2D eigenvalue weighted by Gasteiger charge is -2.09. The van der Waals surface area contributed by atoms with E-state index in [1.807, 2.05) is 91.0 Å². The van der Waals surface area contributed by atoms with E-state index in [4.69, 9.17) is 28.8 Å². The summed E-state index contributed by atoms with van der Waals surface area (Å²) in [5.41, 5.74) is 8.84. The lowest BCUT2D eigenvalue weighted by molar-refractivity contribution is 0.620. The number of benzene rings is 7. The van der Waals surface area contributed by atoms with E-state index < -0.39 is 0 Å². The molecule has 3 aromatic heterocycles. The molecule has 0 radical (unpaired) electrons. The smallest absolute Gasteiger partial charge is 0.227 e. The second kappa shape index (κ2) is 11.4. The summed E-state index contributed by atoms with van der Waals surface area (Å²) in [5.74, 6) is 2.37. The summed E-state index contributed by atoms with van der Waals surface area (Å²) < 4.78 is 12.5. The third kappa shape index (κ3) is 4.73. The van der Waals surface area contributed by atoms with Gasteiger partial charge in [-0.2, -0.15) is 0 Å². The minimum atomic E-state index is 0.577. The van der Waals surface area contributed by atoms with Crippen LogP contribution in [0.15, 0.2) is 167 Å². The molecule has 0 amide bonds. The maximum Gasteiger partial charge on any atom is 0.227 e. The van der Waals surface area contributed by atoms with E-state index in [0.29, 0.717) is 23.4 Å². The highest BCUT2D eigenvalue weighted by atomic mass is 16.3. The Morgan fingerprint density at radius 1 is 0.340 bits per heavy atom. The van der Waals surface area contributed by atoms with Gasteiger partial charge in [-0.15, -0.1) is 0 Å². The minimum Gasteiger partial charge on any atom is -0.456 e. The molecule has 0 saturated heterocycles. The van der Waals surface area contributed by atoms with Crippen molar-refractivity contribution < 1.29 is 8.83 Å². The van der Waals surface area contributed by atoms with E-state index in [2.05, 4.69) is 66.7 Å². The largest absolute Gasteiger partial charge is 0.456 e. The summed E-state index contributed by atoms with van der Waals surface area (Å²) in [6, 6.07) is 53.0. The van der Waals surface area contributed by atoms with E-state index >= 15 is 0 Å². The number of rotatable bonds is 5. The maximum atomic E-state index is 6.33. The zero-order valence-corrected chi connectivity index (χ0v) is 26.6. The molecule has 0 bridgehead atoms. The molecule has 3 heterocycles. The fraction of sp³-hybridized carbons (Fsp3) is 0. The normalized spacial score (nSPS) is 11.6. The SMILES string of the molecule is c1ccc(-c2nc(-c3ccc(-c4cccc5oc(-c6cccc7ccccc67)nc45)cc3)nc(-c3ccc4c(c3)oc3ccccc34)n2)cc1. The Morgan fingerprint density at radius 3 is 1.76 bits per heavy atom. The van der Waals surface area contributed by atoms with Crippen LogP contribution in [0.4, 0.5) is 0 Å². The van der Waals surface area contributed by atoms with E-state index in [1.54, 1.807) is 0 Å². The van der Waals surface area contributed by atoms with Gasteiger partial charge in [0.2, 0.25) is 5.89 Å². The predicted molar refractivity (Wildman–Crippen MR) is 199 cm³/mol. The Morgan fingerprint density at radius 2 is 0.920 bits per heavy atom. The van der Waals surface area contributed by atoms with Gasteiger partial charge in [-0.05, 0) is 46.7 Å². The maximum absolute atomic E-state index is 6.33. The van der Waals surface area contributed by atoms with Crippen LogP contribution in [0, 0.1) is 0 Å². The van der Waals surface area contributed by atoms with E-state index in [-0.39, 0.29) is 0 Å². The molecule has 0 aliphatic carbocycles. The van der Waals surface area contributed by atoms with Crippen LogP contribution in [-0.2, 0) is 0 Å². The van der Waals surface area contributed by atoms with Crippen molar-refractivity contribution in [2.45, 2.75) is 0 Å². The molecule has 0 fully saturated rings. The number of nitrogens with zero attached hydrogens (tertiary/aromatic N) is 4.